The summed E-state index contributed by atoms with van der Waals surface area (Å²) < 4.78 is 22.2. The van der Waals surface area contributed by atoms with Gasteiger partial charge in [-0.1, -0.05) is 24.3 Å². The van der Waals surface area contributed by atoms with Crippen LogP contribution in [0.25, 0.3) is 27.6 Å². The Hall–Kier alpha value is -4.47. The lowest BCUT2D eigenvalue weighted by molar-refractivity contribution is 0.208. The normalized spacial score (nSPS) is 15.3. The fourth-order valence-electron chi connectivity index (χ4n) is 4.67. The zero-order valence-electron chi connectivity index (χ0n) is 19.1. The molecule has 0 saturated heterocycles. The van der Waals surface area contributed by atoms with Crippen molar-refractivity contribution in [2.75, 3.05) is 30.4 Å². The minimum atomic E-state index is -0.528. The molecule has 0 spiro atoms. The fourth-order valence-corrected chi connectivity index (χ4v) is 4.67. The number of pyridine rings is 1. The summed E-state index contributed by atoms with van der Waals surface area (Å²) in [6, 6.07) is 12.1. The van der Waals surface area contributed by atoms with Crippen LogP contribution in [0.4, 0.5) is 16.0 Å². The van der Waals surface area contributed by atoms with Crippen molar-refractivity contribution < 1.29 is 9.13 Å². The summed E-state index contributed by atoms with van der Waals surface area (Å²) >= 11 is 0. The zero-order valence-corrected chi connectivity index (χ0v) is 19.1. The predicted octanol–water partition coefficient (Wildman–Crippen LogP) is 3.41. The van der Waals surface area contributed by atoms with Crippen LogP contribution >= 0.6 is 0 Å². The first-order valence-corrected chi connectivity index (χ1v) is 11.2. The maximum Gasteiger partial charge on any atom is 0.267 e. The van der Waals surface area contributed by atoms with Crippen LogP contribution in [0.3, 0.4) is 0 Å². The molecule has 6 rings (SSSR count). The molecule has 1 aliphatic heterocycles. The van der Waals surface area contributed by atoms with Gasteiger partial charge >= 0.3 is 0 Å². The lowest BCUT2D eigenvalue weighted by Gasteiger charge is -2.35. The van der Waals surface area contributed by atoms with Gasteiger partial charge in [0.05, 0.1) is 47.0 Å². The lowest BCUT2D eigenvalue weighted by Crippen LogP contribution is -2.42. The average Bonchev–Trinajstić information content (AvgIpc) is 3.34. The number of rotatable bonds is 4. The van der Waals surface area contributed by atoms with Gasteiger partial charge in [-0.2, -0.15) is 10.1 Å². The van der Waals surface area contributed by atoms with Gasteiger partial charge in [0, 0.05) is 13.2 Å². The van der Waals surface area contributed by atoms with Crippen LogP contribution in [-0.2, 0) is 0 Å². The number of fused-ring (bicyclic) bond motifs is 4. The van der Waals surface area contributed by atoms with Crippen molar-refractivity contribution in [2.24, 2.45) is 0 Å². The average molecular weight is 471 g/mol. The Morgan fingerprint density at radius 3 is 2.89 bits per heavy atom. The second-order valence-corrected chi connectivity index (χ2v) is 8.60. The van der Waals surface area contributed by atoms with E-state index in [4.69, 9.17) is 4.74 Å². The molecular formula is C25H22FN7O2. The molecule has 4 heterocycles. The minimum Gasteiger partial charge on any atom is -0.485 e. The van der Waals surface area contributed by atoms with E-state index in [0.717, 1.165) is 17.0 Å². The summed E-state index contributed by atoms with van der Waals surface area (Å²) in [6.45, 7) is 3.19. The summed E-state index contributed by atoms with van der Waals surface area (Å²) in [5, 5.41) is 10.9. The van der Waals surface area contributed by atoms with E-state index in [1.54, 1.807) is 24.4 Å². The number of hydrogen-bond donors (Lipinski definition) is 2. The topological polar surface area (TPSA) is 101 Å². The summed E-state index contributed by atoms with van der Waals surface area (Å²) in [7, 11) is 2.04. The van der Waals surface area contributed by atoms with Crippen molar-refractivity contribution in [1.29, 1.82) is 0 Å². The number of anilines is 2. The van der Waals surface area contributed by atoms with Crippen LogP contribution < -0.4 is 20.5 Å². The maximum atomic E-state index is 14.7. The van der Waals surface area contributed by atoms with E-state index in [2.05, 4.69) is 43.4 Å². The van der Waals surface area contributed by atoms with Crippen LogP contribution in [0.1, 0.15) is 5.56 Å². The van der Waals surface area contributed by atoms with Crippen LogP contribution in [-0.4, -0.2) is 51.0 Å². The molecule has 176 valence electrons. The highest BCUT2D eigenvalue weighted by atomic mass is 19.1. The van der Waals surface area contributed by atoms with Gasteiger partial charge in [0.25, 0.3) is 5.56 Å². The number of aromatic nitrogens is 5. The third-order valence-corrected chi connectivity index (χ3v) is 6.26. The monoisotopic (exact) mass is 471 g/mol. The van der Waals surface area contributed by atoms with Crippen LogP contribution in [0.15, 0.2) is 59.7 Å². The molecule has 0 amide bonds. The van der Waals surface area contributed by atoms with E-state index < -0.39 is 11.4 Å². The molecule has 10 heteroatoms. The largest absolute Gasteiger partial charge is 0.485 e. The van der Waals surface area contributed by atoms with Crippen molar-refractivity contribution in [1.82, 2.24) is 24.7 Å². The first-order chi connectivity index (χ1) is 17.0. The predicted molar refractivity (Wildman–Crippen MR) is 132 cm³/mol. The molecule has 0 saturated carbocycles. The quantitative estimate of drug-likeness (QED) is 0.414. The van der Waals surface area contributed by atoms with Gasteiger partial charge in [-0.25, -0.2) is 9.37 Å². The summed E-state index contributed by atoms with van der Waals surface area (Å²) in [6.07, 6.45) is 2.89. The third-order valence-electron chi connectivity index (χ3n) is 6.26. The Morgan fingerprint density at radius 1 is 1.17 bits per heavy atom. The second kappa shape index (κ2) is 8.08. The van der Waals surface area contributed by atoms with Crippen molar-refractivity contribution in [3.63, 3.8) is 0 Å². The van der Waals surface area contributed by atoms with Gasteiger partial charge in [0.1, 0.15) is 17.7 Å². The number of halogens is 1. The molecule has 3 aromatic heterocycles. The molecule has 5 aromatic rings. The number of para-hydroxylation sites is 2. The Morgan fingerprint density at radius 2 is 2.03 bits per heavy atom. The molecule has 0 fully saturated rings. The molecule has 9 nitrogen and oxygen atoms in total. The molecular weight excluding hydrogens is 449 g/mol. The summed E-state index contributed by atoms with van der Waals surface area (Å²) in [4.78, 5) is 24.5. The molecule has 1 aliphatic rings. The maximum absolute atomic E-state index is 14.7. The summed E-state index contributed by atoms with van der Waals surface area (Å²) in [5.74, 6) is 0.613. The van der Waals surface area contributed by atoms with Gasteiger partial charge in [-0.15, -0.1) is 0 Å². The Bertz CT molecular complexity index is 1640. The Balaban J connectivity index is 1.38. The number of likely N-dealkylation sites (N-methyl/N-ethyl adjacent to an activating group) is 1. The van der Waals surface area contributed by atoms with Gasteiger partial charge in [0.15, 0.2) is 5.65 Å². The molecule has 1 atom stereocenters. The highest BCUT2D eigenvalue weighted by molar-refractivity contribution is 6.02. The smallest absolute Gasteiger partial charge is 0.267 e. The van der Waals surface area contributed by atoms with Gasteiger partial charge in [0.2, 0.25) is 5.95 Å². The van der Waals surface area contributed by atoms with E-state index >= 15 is 0 Å². The number of nitrogens with zero attached hydrogens (tertiary/aromatic N) is 5. The van der Waals surface area contributed by atoms with Crippen molar-refractivity contribution in [3.05, 3.63) is 76.6 Å². The van der Waals surface area contributed by atoms with Gasteiger partial charge in [-0.3, -0.25) is 14.5 Å². The molecule has 35 heavy (non-hydrogen) atoms. The van der Waals surface area contributed by atoms with E-state index in [0.29, 0.717) is 35.3 Å². The number of aryl methyl sites for hydroxylation is 1. The van der Waals surface area contributed by atoms with E-state index in [-0.39, 0.29) is 17.4 Å². The molecule has 1 unspecified atom stereocenters. The first kappa shape index (κ1) is 21.1. The van der Waals surface area contributed by atoms with E-state index in [1.807, 2.05) is 19.2 Å². The lowest BCUT2D eigenvalue weighted by atomic mass is 10.1. The van der Waals surface area contributed by atoms with Crippen molar-refractivity contribution in [3.8, 4) is 11.4 Å². The highest BCUT2D eigenvalue weighted by Gasteiger charge is 2.25. The molecule has 0 radical (unpaired) electrons. The van der Waals surface area contributed by atoms with Crippen molar-refractivity contribution in [2.45, 2.75) is 13.0 Å². The zero-order chi connectivity index (χ0) is 24.1. The van der Waals surface area contributed by atoms with E-state index in [1.165, 1.54) is 16.8 Å². The number of hydrogen-bond acceptors (Lipinski definition) is 7. The summed E-state index contributed by atoms with van der Waals surface area (Å²) in [5.41, 5.74) is 2.72. The number of aromatic amines is 1. The second-order valence-electron chi connectivity index (χ2n) is 8.60. The highest BCUT2D eigenvalue weighted by Crippen LogP contribution is 2.35. The van der Waals surface area contributed by atoms with Gasteiger partial charge in [-0.05, 0) is 30.7 Å². The van der Waals surface area contributed by atoms with E-state index in [9.17, 15) is 9.18 Å². The number of ether oxygens (including phenoxy) is 1. The fraction of sp³-hybridized carbons (Fsp3) is 0.200. The standard InChI is InChI=1S/C25H22FN7O2/c1-14-6-5-9-20-22(14)32(2)13-15(35-20)10-27-25-28-11-16-21-17(12-29-31-21)24(34)33(23(16)30-25)19-8-4-3-7-18(19)26/h3-9,11-12,15H,10,13H2,1-2H3,(H,29,31)(H,27,28,30). The first-order valence-electron chi connectivity index (χ1n) is 11.2. The number of H-pyrrole nitrogens is 1. The SMILES string of the molecule is Cc1cccc2c1N(C)CC(CNc1ncc3c4[nH]ncc4c(=O)n(-c4ccccc4F)c3n1)O2. The minimum absolute atomic E-state index is 0.111. The molecule has 0 aliphatic carbocycles. The third kappa shape index (κ3) is 3.45. The number of nitrogens with one attached hydrogen (secondary N) is 2. The van der Waals surface area contributed by atoms with Crippen molar-refractivity contribution >= 4 is 33.6 Å². The van der Waals surface area contributed by atoms with Gasteiger partial charge < -0.3 is 15.0 Å². The Labute approximate surface area is 199 Å². The van der Waals surface area contributed by atoms with Crippen LogP contribution in [0.2, 0.25) is 0 Å². The van der Waals surface area contributed by atoms with Crippen LogP contribution in [0, 0.1) is 12.7 Å². The molecule has 2 N–H and O–H groups in total. The number of benzene rings is 2. The van der Waals surface area contributed by atoms with Crippen LogP contribution in [0.5, 0.6) is 5.75 Å². The molecule has 2 aromatic carbocycles. The Kier molecular flexibility index (Phi) is 4.87. The molecule has 0 bridgehead atoms.